The van der Waals surface area contributed by atoms with Crippen LogP contribution in [0.15, 0.2) is 23.1 Å². The maximum Gasteiger partial charge on any atom is 0.255 e. The molecule has 0 saturated heterocycles. The molecular weight excluding hydrogens is 184 g/mol. The third kappa shape index (κ3) is 1.37. The van der Waals surface area contributed by atoms with E-state index in [1.807, 2.05) is 0 Å². The lowest BCUT2D eigenvalue weighted by atomic mass is 10.4. The fourth-order valence-electron chi connectivity index (χ4n) is 1.17. The zero-order chi connectivity index (χ0) is 10.1. The van der Waals surface area contributed by atoms with E-state index in [1.54, 1.807) is 24.0 Å². The van der Waals surface area contributed by atoms with E-state index >= 15 is 0 Å². The van der Waals surface area contributed by atoms with Crippen LogP contribution in [-0.2, 0) is 7.05 Å². The summed E-state index contributed by atoms with van der Waals surface area (Å²) in [5.41, 5.74) is 0.242. The zero-order valence-corrected chi connectivity index (χ0v) is 7.43. The Bertz CT molecular complexity index is 514. The molecule has 0 aliphatic heterocycles. The predicted octanol–water partition coefficient (Wildman–Crippen LogP) is -0.124. The summed E-state index contributed by atoms with van der Waals surface area (Å²) in [4.78, 5) is 17.3. The van der Waals surface area contributed by atoms with Crippen LogP contribution in [0.3, 0.4) is 0 Å². The normalized spacial score (nSPS) is 10.4. The Kier molecular flexibility index (Phi) is 1.81. The quantitative estimate of drug-likeness (QED) is 0.659. The molecular formula is C8H8N4O2. The van der Waals surface area contributed by atoms with Gasteiger partial charge in [0, 0.05) is 13.2 Å². The van der Waals surface area contributed by atoms with Gasteiger partial charge in [0.15, 0.2) is 5.82 Å². The third-order valence-electron chi connectivity index (χ3n) is 1.79. The number of aromatic amines is 1. The Morgan fingerprint density at radius 3 is 2.93 bits per heavy atom. The number of aryl methyl sites for hydroxylation is 1. The molecule has 2 heterocycles. The van der Waals surface area contributed by atoms with Crippen LogP contribution in [0.5, 0.6) is 5.88 Å². The van der Waals surface area contributed by atoms with Crippen LogP contribution in [0, 0.1) is 0 Å². The molecule has 0 unspecified atom stereocenters. The SMILES string of the molecule is Cn1nccc1-c1nc(O)cc(=O)[nH]1. The van der Waals surface area contributed by atoms with Gasteiger partial charge in [0.2, 0.25) is 5.88 Å². The van der Waals surface area contributed by atoms with E-state index in [2.05, 4.69) is 15.1 Å². The summed E-state index contributed by atoms with van der Waals surface area (Å²) < 4.78 is 1.55. The molecule has 0 amide bonds. The molecule has 14 heavy (non-hydrogen) atoms. The summed E-state index contributed by atoms with van der Waals surface area (Å²) in [6.45, 7) is 0. The van der Waals surface area contributed by atoms with Crippen molar-refractivity contribution < 1.29 is 5.11 Å². The molecule has 0 spiro atoms. The highest BCUT2D eigenvalue weighted by Gasteiger charge is 2.06. The smallest absolute Gasteiger partial charge is 0.255 e. The maximum absolute atomic E-state index is 11.0. The van der Waals surface area contributed by atoms with Crippen LogP contribution in [0.1, 0.15) is 0 Å². The minimum atomic E-state index is -0.395. The Hall–Kier alpha value is -2.11. The van der Waals surface area contributed by atoms with Crippen molar-refractivity contribution in [2.75, 3.05) is 0 Å². The van der Waals surface area contributed by atoms with Crippen LogP contribution >= 0.6 is 0 Å². The molecule has 0 radical (unpaired) electrons. The Balaban J connectivity index is 2.63. The molecule has 2 aromatic rings. The maximum atomic E-state index is 11.0. The fourth-order valence-corrected chi connectivity index (χ4v) is 1.17. The van der Waals surface area contributed by atoms with E-state index in [0.29, 0.717) is 11.5 Å². The Morgan fingerprint density at radius 2 is 2.36 bits per heavy atom. The first kappa shape index (κ1) is 8.49. The van der Waals surface area contributed by atoms with Gasteiger partial charge in [-0.3, -0.25) is 9.48 Å². The molecule has 0 fully saturated rings. The molecule has 2 N–H and O–H groups in total. The van der Waals surface area contributed by atoms with E-state index in [-0.39, 0.29) is 5.88 Å². The summed E-state index contributed by atoms with van der Waals surface area (Å²) in [6, 6.07) is 2.71. The van der Waals surface area contributed by atoms with Gasteiger partial charge in [0.25, 0.3) is 5.56 Å². The van der Waals surface area contributed by atoms with Gasteiger partial charge < -0.3 is 10.1 Å². The number of rotatable bonds is 1. The number of nitrogens with zero attached hydrogens (tertiary/aromatic N) is 3. The number of hydrogen-bond acceptors (Lipinski definition) is 4. The summed E-state index contributed by atoms with van der Waals surface area (Å²) in [5, 5.41) is 13.0. The molecule has 0 aliphatic carbocycles. The van der Waals surface area contributed by atoms with Gasteiger partial charge in [-0.1, -0.05) is 0 Å². The molecule has 6 heteroatoms. The van der Waals surface area contributed by atoms with Gasteiger partial charge in [-0.2, -0.15) is 10.1 Å². The van der Waals surface area contributed by atoms with Crippen molar-refractivity contribution in [1.82, 2.24) is 19.7 Å². The van der Waals surface area contributed by atoms with Crippen LogP contribution in [0.25, 0.3) is 11.5 Å². The second-order valence-corrected chi connectivity index (χ2v) is 2.79. The monoisotopic (exact) mass is 192 g/mol. The van der Waals surface area contributed by atoms with Crippen molar-refractivity contribution in [3.8, 4) is 17.4 Å². The third-order valence-corrected chi connectivity index (χ3v) is 1.79. The second-order valence-electron chi connectivity index (χ2n) is 2.79. The van der Waals surface area contributed by atoms with Gasteiger partial charge in [-0.25, -0.2) is 0 Å². The van der Waals surface area contributed by atoms with Gasteiger partial charge in [-0.15, -0.1) is 0 Å². The lowest BCUT2D eigenvalue weighted by Gasteiger charge is -2.00. The van der Waals surface area contributed by atoms with Crippen LogP contribution < -0.4 is 5.56 Å². The van der Waals surface area contributed by atoms with Gasteiger partial charge in [-0.05, 0) is 6.07 Å². The molecule has 72 valence electrons. The minimum Gasteiger partial charge on any atom is -0.493 e. The first-order valence-electron chi connectivity index (χ1n) is 3.95. The highest BCUT2D eigenvalue weighted by molar-refractivity contribution is 5.48. The van der Waals surface area contributed by atoms with Gasteiger partial charge in [0.05, 0.1) is 6.07 Å². The van der Waals surface area contributed by atoms with Crippen molar-refractivity contribution >= 4 is 0 Å². The van der Waals surface area contributed by atoms with Crippen molar-refractivity contribution in [3.63, 3.8) is 0 Å². The second kappa shape index (κ2) is 2.99. The van der Waals surface area contributed by atoms with Gasteiger partial charge >= 0.3 is 0 Å². The lowest BCUT2D eigenvalue weighted by Crippen LogP contribution is -2.08. The summed E-state index contributed by atoms with van der Waals surface area (Å²) in [5.74, 6) is -0.0000463. The number of hydrogen-bond donors (Lipinski definition) is 2. The molecule has 2 rings (SSSR count). The highest BCUT2D eigenvalue weighted by atomic mass is 16.3. The van der Waals surface area contributed by atoms with Crippen molar-refractivity contribution in [2.45, 2.75) is 0 Å². The summed E-state index contributed by atoms with van der Waals surface area (Å²) in [6.07, 6.45) is 1.58. The van der Waals surface area contributed by atoms with E-state index in [4.69, 9.17) is 5.11 Å². The average molecular weight is 192 g/mol. The van der Waals surface area contributed by atoms with Crippen LogP contribution in [-0.4, -0.2) is 24.9 Å². The topological polar surface area (TPSA) is 83.8 Å². The van der Waals surface area contributed by atoms with E-state index in [1.165, 1.54) is 0 Å². The predicted molar refractivity (Wildman–Crippen MR) is 48.7 cm³/mol. The van der Waals surface area contributed by atoms with Crippen molar-refractivity contribution in [2.24, 2.45) is 7.05 Å². The van der Waals surface area contributed by atoms with Crippen molar-refractivity contribution in [1.29, 1.82) is 0 Å². The molecule has 0 aromatic carbocycles. The average Bonchev–Trinajstić information content (AvgIpc) is 2.49. The molecule has 6 nitrogen and oxygen atoms in total. The van der Waals surface area contributed by atoms with E-state index < -0.39 is 5.56 Å². The fraction of sp³-hybridized carbons (Fsp3) is 0.125. The molecule has 0 aliphatic rings. The first-order valence-corrected chi connectivity index (χ1v) is 3.95. The molecule has 0 atom stereocenters. The Labute approximate surface area is 78.9 Å². The molecule has 0 saturated carbocycles. The standard InChI is InChI=1S/C8H8N4O2/c1-12-5(2-3-9-12)8-10-6(13)4-7(14)11-8/h2-4H,1H3,(H2,10,11,13,14). The zero-order valence-electron chi connectivity index (χ0n) is 7.43. The van der Waals surface area contributed by atoms with Crippen molar-refractivity contribution in [3.05, 3.63) is 28.7 Å². The molecule has 0 bridgehead atoms. The highest BCUT2D eigenvalue weighted by Crippen LogP contribution is 2.12. The molecule has 2 aromatic heterocycles. The number of aromatic hydroxyl groups is 1. The Morgan fingerprint density at radius 1 is 1.57 bits per heavy atom. The van der Waals surface area contributed by atoms with E-state index in [0.717, 1.165) is 6.07 Å². The van der Waals surface area contributed by atoms with Crippen LogP contribution in [0.2, 0.25) is 0 Å². The summed E-state index contributed by atoms with van der Waals surface area (Å²) >= 11 is 0. The lowest BCUT2D eigenvalue weighted by molar-refractivity contribution is 0.451. The first-order chi connectivity index (χ1) is 6.66. The number of aromatic nitrogens is 4. The minimum absolute atomic E-state index is 0.301. The largest absolute Gasteiger partial charge is 0.493 e. The summed E-state index contributed by atoms with van der Waals surface area (Å²) in [7, 11) is 1.72. The van der Waals surface area contributed by atoms with E-state index in [9.17, 15) is 4.79 Å². The van der Waals surface area contributed by atoms with Gasteiger partial charge in [0.1, 0.15) is 5.69 Å². The number of nitrogens with one attached hydrogen (secondary N) is 1. The number of H-pyrrole nitrogens is 1. The van der Waals surface area contributed by atoms with Crippen LogP contribution in [0.4, 0.5) is 0 Å².